The lowest BCUT2D eigenvalue weighted by molar-refractivity contribution is 0.0946. The predicted octanol–water partition coefficient (Wildman–Crippen LogP) is 4.68. The summed E-state index contributed by atoms with van der Waals surface area (Å²) < 4.78 is 11.2. The van der Waals surface area contributed by atoms with Crippen LogP contribution in [0, 0.1) is 6.92 Å². The second kappa shape index (κ2) is 8.78. The highest BCUT2D eigenvalue weighted by Gasteiger charge is 2.27. The van der Waals surface area contributed by atoms with E-state index in [4.69, 9.17) is 9.26 Å². The Balaban J connectivity index is 1.33. The van der Waals surface area contributed by atoms with Crippen LogP contribution in [0.3, 0.4) is 0 Å². The SMILES string of the molecule is Cc1onc(-c2ccc(OCc3ccccc3)cc2)c1C(=O)c1c[nH]c(C(=O)NC2CC2)c1. The third kappa shape index (κ3) is 4.57. The van der Waals surface area contributed by atoms with Crippen molar-refractivity contribution in [1.82, 2.24) is 15.5 Å². The molecule has 0 radical (unpaired) electrons. The van der Waals surface area contributed by atoms with Gasteiger partial charge < -0.3 is 19.6 Å². The van der Waals surface area contributed by atoms with Crippen LogP contribution in [-0.4, -0.2) is 27.9 Å². The van der Waals surface area contributed by atoms with Crippen molar-refractivity contribution in [1.29, 1.82) is 0 Å². The molecule has 33 heavy (non-hydrogen) atoms. The fraction of sp³-hybridized carbons (Fsp3) is 0.192. The molecule has 1 aliphatic carbocycles. The van der Waals surface area contributed by atoms with Gasteiger partial charge in [0.05, 0.1) is 5.56 Å². The first-order valence-corrected chi connectivity index (χ1v) is 10.9. The van der Waals surface area contributed by atoms with Crippen LogP contribution < -0.4 is 10.1 Å². The number of hydrogen-bond acceptors (Lipinski definition) is 5. The Bertz CT molecular complexity index is 1280. The van der Waals surface area contributed by atoms with Gasteiger partial charge in [-0.05, 0) is 55.7 Å². The molecule has 2 N–H and O–H groups in total. The van der Waals surface area contributed by atoms with Crippen molar-refractivity contribution in [2.24, 2.45) is 0 Å². The molecule has 2 aromatic heterocycles. The van der Waals surface area contributed by atoms with Crippen molar-refractivity contribution >= 4 is 11.7 Å². The summed E-state index contributed by atoms with van der Waals surface area (Å²) in [6, 6.07) is 19.1. The number of ether oxygens (including phenoxy) is 1. The van der Waals surface area contributed by atoms with Crippen LogP contribution in [0.1, 0.15) is 50.6 Å². The fourth-order valence-electron chi connectivity index (χ4n) is 3.58. The van der Waals surface area contributed by atoms with E-state index in [1.165, 1.54) is 0 Å². The number of ketones is 1. The van der Waals surface area contributed by atoms with E-state index in [9.17, 15) is 9.59 Å². The van der Waals surface area contributed by atoms with Crippen LogP contribution in [0.15, 0.2) is 71.4 Å². The van der Waals surface area contributed by atoms with Crippen LogP contribution in [0.2, 0.25) is 0 Å². The molecule has 0 bridgehead atoms. The van der Waals surface area contributed by atoms with Gasteiger partial charge in [0.15, 0.2) is 5.78 Å². The minimum Gasteiger partial charge on any atom is -0.489 e. The first-order chi connectivity index (χ1) is 16.1. The van der Waals surface area contributed by atoms with Gasteiger partial charge in [-0.1, -0.05) is 35.5 Å². The molecule has 2 aromatic carbocycles. The summed E-state index contributed by atoms with van der Waals surface area (Å²) in [6.07, 6.45) is 3.54. The molecule has 0 unspecified atom stereocenters. The molecule has 1 fully saturated rings. The van der Waals surface area contributed by atoms with E-state index >= 15 is 0 Å². The molecule has 4 aromatic rings. The number of nitrogens with one attached hydrogen (secondary N) is 2. The zero-order valence-corrected chi connectivity index (χ0v) is 18.1. The largest absolute Gasteiger partial charge is 0.489 e. The lowest BCUT2D eigenvalue weighted by Crippen LogP contribution is -2.25. The van der Waals surface area contributed by atoms with E-state index in [1.807, 2.05) is 54.6 Å². The minimum absolute atomic E-state index is 0.204. The van der Waals surface area contributed by atoms with Gasteiger partial charge in [0.2, 0.25) is 0 Å². The maximum Gasteiger partial charge on any atom is 0.267 e. The zero-order chi connectivity index (χ0) is 22.8. The third-order valence-electron chi connectivity index (χ3n) is 5.57. The van der Waals surface area contributed by atoms with Crippen molar-refractivity contribution in [3.05, 3.63) is 95.0 Å². The standard InChI is InChI=1S/C26H23N3O4/c1-16-23(25(30)19-13-22(27-14-19)26(31)28-20-9-10-20)24(29-33-16)18-7-11-21(12-8-18)32-15-17-5-3-2-4-6-17/h2-8,11-14,20,27H,9-10,15H2,1H3,(H,28,31). The summed E-state index contributed by atoms with van der Waals surface area (Å²) in [6.45, 7) is 2.17. The molecule has 7 nitrogen and oxygen atoms in total. The van der Waals surface area contributed by atoms with Crippen LogP contribution in [0.4, 0.5) is 0 Å². The average Bonchev–Trinajstić information content (AvgIpc) is 3.36. The summed E-state index contributed by atoms with van der Waals surface area (Å²) in [5.41, 5.74) is 3.40. The van der Waals surface area contributed by atoms with Gasteiger partial charge in [0, 0.05) is 23.4 Å². The van der Waals surface area contributed by atoms with Crippen molar-refractivity contribution in [3.63, 3.8) is 0 Å². The first kappa shape index (κ1) is 20.8. The molecule has 2 heterocycles. The molecule has 1 aliphatic rings. The van der Waals surface area contributed by atoms with E-state index in [1.54, 1.807) is 19.2 Å². The second-order valence-corrected chi connectivity index (χ2v) is 8.14. The van der Waals surface area contributed by atoms with Crippen molar-refractivity contribution in [2.75, 3.05) is 0 Å². The Labute approximate surface area is 190 Å². The molecule has 0 atom stereocenters. The van der Waals surface area contributed by atoms with Gasteiger partial charge in [-0.25, -0.2) is 0 Å². The molecule has 0 spiro atoms. The van der Waals surface area contributed by atoms with Crippen LogP contribution >= 0.6 is 0 Å². The van der Waals surface area contributed by atoms with Gasteiger partial charge in [0.25, 0.3) is 5.91 Å². The van der Waals surface area contributed by atoms with Gasteiger partial charge in [-0.3, -0.25) is 9.59 Å². The highest BCUT2D eigenvalue weighted by molar-refractivity contribution is 6.13. The Morgan fingerprint density at radius 3 is 2.61 bits per heavy atom. The number of rotatable bonds is 8. The van der Waals surface area contributed by atoms with E-state index in [0.29, 0.717) is 40.6 Å². The third-order valence-corrected chi connectivity index (χ3v) is 5.57. The number of carbonyl (C=O) groups is 2. The molecular weight excluding hydrogens is 418 g/mol. The molecule has 1 saturated carbocycles. The van der Waals surface area contributed by atoms with Crippen LogP contribution in [0.5, 0.6) is 5.75 Å². The van der Waals surface area contributed by atoms with Crippen molar-refractivity contribution in [3.8, 4) is 17.0 Å². The monoisotopic (exact) mass is 441 g/mol. The predicted molar refractivity (Wildman–Crippen MR) is 122 cm³/mol. The lowest BCUT2D eigenvalue weighted by Gasteiger charge is -2.07. The number of aryl methyl sites for hydroxylation is 1. The topological polar surface area (TPSA) is 97.2 Å². The Kier molecular flexibility index (Phi) is 5.52. The quantitative estimate of drug-likeness (QED) is 0.387. The fourth-order valence-corrected chi connectivity index (χ4v) is 3.58. The number of nitrogens with zero attached hydrogens (tertiary/aromatic N) is 1. The zero-order valence-electron chi connectivity index (χ0n) is 18.1. The van der Waals surface area contributed by atoms with Crippen LogP contribution in [0.25, 0.3) is 11.3 Å². The Hall–Kier alpha value is -4.13. The van der Waals surface area contributed by atoms with E-state index < -0.39 is 0 Å². The summed E-state index contributed by atoms with van der Waals surface area (Å²) in [5.74, 6) is 0.678. The van der Waals surface area contributed by atoms with Crippen LogP contribution in [-0.2, 0) is 6.61 Å². The van der Waals surface area contributed by atoms with E-state index in [-0.39, 0.29) is 17.7 Å². The van der Waals surface area contributed by atoms with Crippen molar-refractivity contribution in [2.45, 2.75) is 32.4 Å². The molecular formula is C26H23N3O4. The number of carbonyl (C=O) groups excluding carboxylic acids is 2. The molecule has 1 amide bonds. The number of aromatic nitrogens is 2. The molecule has 0 aliphatic heterocycles. The summed E-state index contributed by atoms with van der Waals surface area (Å²) in [4.78, 5) is 28.4. The summed E-state index contributed by atoms with van der Waals surface area (Å²) in [7, 11) is 0. The number of hydrogen-bond donors (Lipinski definition) is 2. The first-order valence-electron chi connectivity index (χ1n) is 10.9. The summed E-state index contributed by atoms with van der Waals surface area (Å²) >= 11 is 0. The van der Waals surface area contributed by atoms with E-state index in [0.717, 1.165) is 24.0 Å². The second-order valence-electron chi connectivity index (χ2n) is 8.14. The summed E-state index contributed by atoms with van der Waals surface area (Å²) in [5, 5.41) is 7.03. The molecule has 0 saturated heterocycles. The molecule has 5 rings (SSSR count). The van der Waals surface area contributed by atoms with Gasteiger partial charge in [-0.2, -0.15) is 0 Å². The highest BCUT2D eigenvalue weighted by Crippen LogP contribution is 2.29. The lowest BCUT2D eigenvalue weighted by atomic mass is 9.99. The Morgan fingerprint density at radius 1 is 1.12 bits per heavy atom. The van der Waals surface area contributed by atoms with Crippen molar-refractivity contribution < 1.29 is 18.8 Å². The molecule has 7 heteroatoms. The van der Waals surface area contributed by atoms with Gasteiger partial charge >= 0.3 is 0 Å². The molecule has 166 valence electrons. The van der Waals surface area contributed by atoms with Gasteiger partial charge in [-0.15, -0.1) is 0 Å². The van der Waals surface area contributed by atoms with Gasteiger partial charge in [0.1, 0.15) is 29.5 Å². The number of aromatic amines is 1. The maximum atomic E-state index is 13.2. The maximum absolute atomic E-state index is 13.2. The minimum atomic E-state index is -0.255. The smallest absolute Gasteiger partial charge is 0.267 e. The van der Waals surface area contributed by atoms with E-state index in [2.05, 4.69) is 15.5 Å². The number of benzene rings is 2. The average molecular weight is 441 g/mol. The number of H-pyrrole nitrogens is 1. The Morgan fingerprint density at radius 2 is 1.88 bits per heavy atom. The normalized spacial score (nSPS) is 13.0. The highest BCUT2D eigenvalue weighted by atomic mass is 16.5. The number of amides is 1.